The minimum absolute atomic E-state index is 0.575. The predicted molar refractivity (Wildman–Crippen MR) is 88.8 cm³/mol. The summed E-state index contributed by atoms with van der Waals surface area (Å²) < 4.78 is 0.602. The van der Waals surface area contributed by atoms with Gasteiger partial charge in [-0.1, -0.05) is 0 Å². The van der Waals surface area contributed by atoms with Gasteiger partial charge in [-0.25, -0.2) is 0 Å². The molecule has 0 bridgehead atoms. The van der Waals surface area contributed by atoms with Gasteiger partial charge in [-0.3, -0.25) is 0 Å². The monoisotopic (exact) mass is 378 g/mol. The van der Waals surface area contributed by atoms with Crippen molar-refractivity contribution >= 4 is 32.3 Å². The molecule has 0 saturated carbocycles. The first-order chi connectivity index (χ1) is 8.43. The van der Waals surface area contributed by atoms with Crippen LogP contribution < -0.4 is 0 Å². The fourth-order valence-corrected chi connectivity index (χ4v) is 49.5. The van der Waals surface area contributed by atoms with Crippen LogP contribution in [-0.2, 0) is 4.79 Å². The maximum atomic E-state index is 12.5. The van der Waals surface area contributed by atoms with E-state index in [-0.39, 0.29) is 0 Å². The zero-order chi connectivity index (χ0) is 14.4. The molecule has 0 heterocycles. The van der Waals surface area contributed by atoms with Gasteiger partial charge in [0.25, 0.3) is 0 Å². The summed E-state index contributed by atoms with van der Waals surface area (Å²) in [6.45, 7) is 16.1. The van der Waals surface area contributed by atoms with Crippen LogP contribution in [0.5, 0.6) is 0 Å². The van der Waals surface area contributed by atoms with E-state index in [9.17, 15) is 4.79 Å². The van der Waals surface area contributed by atoms with Gasteiger partial charge in [-0.05, 0) is 0 Å². The van der Waals surface area contributed by atoms with Crippen molar-refractivity contribution < 1.29 is 4.79 Å². The van der Waals surface area contributed by atoms with Crippen LogP contribution in [-0.4, -0.2) is 32.3 Å². The molecule has 0 radical (unpaired) electrons. The maximum absolute atomic E-state index is 12.5. The first kappa shape index (κ1) is 18.8. The zero-order valence-electron chi connectivity index (χ0n) is 13.7. The average Bonchev–Trinajstić information content (AvgIpc) is 2.40. The van der Waals surface area contributed by atoms with Gasteiger partial charge < -0.3 is 0 Å². The van der Waals surface area contributed by atoms with Crippen LogP contribution in [0.15, 0.2) is 0 Å². The number of carbonyl (C=O) groups is 1. The summed E-state index contributed by atoms with van der Waals surface area (Å²) in [6, 6.07) is 0. The third kappa shape index (κ3) is 3.44. The molecular weight excluding hydrogens is 341 g/mol. The van der Waals surface area contributed by atoms with Gasteiger partial charge in [0.05, 0.1) is 0 Å². The Labute approximate surface area is 120 Å². The van der Waals surface area contributed by atoms with Crippen LogP contribution in [0.25, 0.3) is 0 Å². The summed E-state index contributed by atoms with van der Waals surface area (Å²) in [7, 11) is 0. The van der Waals surface area contributed by atoms with Crippen LogP contribution in [0.2, 0.25) is 35.1 Å². The van der Waals surface area contributed by atoms with Crippen LogP contribution >= 0.6 is 0 Å². The second-order valence-corrected chi connectivity index (χ2v) is 31.2. The number of hydrogen-bond acceptors (Lipinski definition) is 1. The summed E-state index contributed by atoms with van der Waals surface area (Å²) in [5.41, 5.74) is 0. The summed E-state index contributed by atoms with van der Waals surface area (Å²) in [4.78, 5) is 12.5. The fraction of sp³-hybridized carbons (Fsp3) is 0.933. The Balaban J connectivity index is 5.73. The molecule has 0 rings (SSSR count). The van der Waals surface area contributed by atoms with E-state index >= 15 is 0 Å². The molecule has 0 aliphatic heterocycles. The van der Waals surface area contributed by atoms with E-state index in [4.69, 9.17) is 0 Å². The van der Waals surface area contributed by atoms with Gasteiger partial charge in [-0.2, -0.15) is 0 Å². The Morgan fingerprint density at radius 3 is 1.06 bits per heavy atom. The topological polar surface area (TPSA) is 17.1 Å². The van der Waals surface area contributed by atoms with E-state index in [1.165, 1.54) is 31.5 Å². The predicted octanol–water partition coefficient (Wildman–Crippen LogP) is 5.50. The molecular formula is C15H34Ge2O. The van der Waals surface area contributed by atoms with E-state index in [2.05, 4.69) is 41.5 Å². The van der Waals surface area contributed by atoms with E-state index < -0.39 is 26.5 Å². The molecule has 0 amide bonds. The second-order valence-electron chi connectivity index (χ2n) is 5.89. The quantitative estimate of drug-likeness (QED) is 0.486. The van der Waals surface area contributed by atoms with Crippen molar-refractivity contribution in [2.24, 2.45) is 0 Å². The molecule has 18 heavy (non-hydrogen) atoms. The first-order valence-corrected chi connectivity index (χ1v) is 19.3. The summed E-state index contributed by atoms with van der Waals surface area (Å²) in [6.07, 6.45) is 0. The number of carbonyl (C=O) groups excluding carboxylic acids is 1. The molecule has 0 aromatic rings. The van der Waals surface area contributed by atoms with Crippen molar-refractivity contribution in [1.29, 1.82) is 0 Å². The molecule has 3 heteroatoms. The Kier molecular flexibility index (Phi) is 8.48. The molecule has 0 aromatic carbocycles. The standard InChI is InChI=1S/C15H34Ge2O/c1-8-16(9-2,10-3)15(14(7)18)17(11-4,12-5)13-6/h15H,8-13H2,1-7H3. The second kappa shape index (κ2) is 8.13. The van der Waals surface area contributed by atoms with Crippen molar-refractivity contribution in [3.8, 4) is 0 Å². The van der Waals surface area contributed by atoms with Gasteiger partial charge in [0, 0.05) is 0 Å². The molecule has 0 spiro atoms. The molecule has 0 saturated heterocycles. The SMILES string of the molecule is C[CH2][Ge]([CH2]C)([CH2]C)[CH](C(C)=O)[Ge]([CH2]C)([CH2]C)[CH2]C. The number of Topliss-reactive ketones (excluding diaryl/α,β-unsaturated/α-hetero) is 1. The third-order valence-electron chi connectivity index (χ3n) is 5.86. The molecule has 108 valence electrons. The molecule has 0 aromatic heterocycles. The summed E-state index contributed by atoms with van der Waals surface area (Å²) in [5, 5.41) is 8.11. The van der Waals surface area contributed by atoms with Crippen molar-refractivity contribution in [3.63, 3.8) is 0 Å². The van der Waals surface area contributed by atoms with E-state index in [0.717, 1.165) is 0 Å². The molecule has 1 nitrogen and oxygen atoms in total. The van der Waals surface area contributed by atoms with Crippen molar-refractivity contribution in [1.82, 2.24) is 0 Å². The Hall–Kier alpha value is 0.756. The van der Waals surface area contributed by atoms with Gasteiger partial charge >= 0.3 is 121 Å². The summed E-state index contributed by atoms with van der Waals surface area (Å²) in [5.74, 6) is 0.575. The molecule has 0 aliphatic carbocycles. The van der Waals surface area contributed by atoms with Crippen LogP contribution in [0.1, 0.15) is 48.5 Å². The third-order valence-corrected chi connectivity index (χ3v) is 43.8. The van der Waals surface area contributed by atoms with Crippen LogP contribution in [0.4, 0.5) is 0 Å². The van der Waals surface area contributed by atoms with Crippen LogP contribution in [0, 0.1) is 0 Å². The Bertz CT molecular complexity index is 219. The van der Waals surface area contributed by atoms with Gasteiger partial charge in [0.2, 0.25) is 0 Å². The average molecular weight is 376 g/mol. The zero-order valence-corrected chi connectivity index (χ0v) is 17.9. The first-order valence-electron chi connectivity index (χ1n) is 7.93. The van der Waals surface area contributed by atoms with Crippen molar-refractivity contribution in [2.45, 2.75) is 83.6 Å². The Morgan fingerprint density at radius 1 is 0.722 bits per heavy atom. The Morgan fingerprint density at radius 2 is 0.944 bits per heavy atom. The molecule has 0 fully saturated rings. The van der Waals surface area contributed by atoms with Gasteiger partial charge in [-0.15, -0.1) is 0 Å². The molecule has 0 unspecified atom stereocenters. The number of ketones is 1. The van der Waals surface area contributed by atoms with E-state index in [1.807, 2.05) is 6.92 Å². The molecule has 0 N–H and O–H groups in total. The van der Waals surface area contributed by atoms with Gasteiger partial charge in [0.15, 0.2) is 0 Å². The van der Waals surface area contributed by atoms with E-state index in [1.54, 1.807) is 0 Å². The van der Waals surface area contributed by atoms with Crippen molar-refractivity contribution in [3.05, 3.63) is 0 Å². The normalized spacial score (nSPS) is 13.1. The van der Waals surface area contributed by atoms with Crippen molar-refractivity contribution in [2.75, 3.05) is 0 Å². The van der Waals surface area contributed by atoms with Gasteiger partial charge in [0.1, 0.15) is 0 Å². The summed E-state index contributed by atoms with van der Waals surface area (Å²) >= 11 is -3.91. The minimum atomic E-state index is -1.96. The molecule has 0 aliphatic rings. The molecule has 0 atom stereocenters. The van der Waals surface area contributed by atoms with E-state index in [0.29, 0.717) is 9.37 Å². The van der Waals surface area contributed by atoms with Crippen LogP contribution in [0.3, 0.4) is 0 Å². The number of rotatable bonds is 9. The number of hydrogen-bond donors (Lipinski definition) is 0. The fourth-order valence-electron chi connectivity index (χ4n) is 4.24.